The number of hydrogen-bond acceptors (Lipinski definition) is 4. The highest BCUT2D eigenvalue weighted by Crippen LogP contribution is 2.37. The predicted octanol–water partition coefficient (Wildman–Crippen LogP) is 2.37. The van der Waals surface area contributed by atoms with Crippen LogP contribution in [0.1, 0.15) is 30.9 Å². The molecule has 19 heavy (non-hydrogen) atoms. The fourth-order valence-corrected chi connectivity index (χ4v) is 1.52. The predicted molar refractivity (Wildman–Crippen MR) is 69.3 cm³/mol. The SMILES string of the molecule is Cc1ccc(C(C)C)c(OC(=O)C=CC(=O)O)c1O. The largest absolute Gasteiger partial charge is 0.504 e. The zero-order chi connectivity index (χ0) is 14.6. The summed E-state index contributed by atoms with van der Waals surface area (Å²) in [6, 6.07) is 3.50. The van der Waals surface area contributed by atoms with Crippen LogP contribution in [-0.4, -0.2) is 22.2 Å². The lowest BCUT2D eigenvalue weighted by atomic mass is 10.00. The summed E-state index contributed by atoms with van der Waals surface area (Å²) in [5.74, 6) is -2.06. The van der Waals surface area contributed by atoms with Crippen molar-refractivity contribution in [3.05, 3.63) is 35.4 Å². The third-order valence-electron chi connectivity index (χ3n) is 2.55. The van der Waals surface area contributed by atoms with E-state index < -0.39 is 11.9 Å². The Morgan fingerprint density at radius 3 is 2.42 bits per heavy atom. The first-order valence-electron chi connectivity index (χ1n) is 5.78. The second kappa shape index (κ2) is 6.04. The van der Waals surface area contributed by atoms with E-state index in [-0.39, 0.29) is 17.4 Å². The van der Waals surface area contributed by atoms with E-state index in [1.54, 1.807) is 19.1 Å². The van der Waals surface area contributed by atoms with Crippen LogP contribution in [0.4, 0.5) is 0 Å². The molecule has 0 heterocycles. The average molecular weight is 264 g/mol. The molecule has 0 amide bonds. The number of carboxylic acid groups (broad SMARTS) is 1. The van der Waals surface area contributed by atoms with Gasteiger partial charge in [0, 0.05) is 17.7 Å². The maximum atomic E-state index is 11.5. The summed E-state index contributed by atoms with van der Waals surface area (Å²) < 4.78 is 5.03. The van der Waals surface area contributed by atoms with Gasteiger partial charge in [0.1, 0.15) is 0 Å². The van der Waals surface area contributed by atoms with Crippen LogP contribution in [0.15, 0.2) is 24.3 Å². The molecule has 1 aromatic rings. The fourth-order valence-electron chi connectivity index (χ4n) is 1.52. The summed E-state index contributed by atoms with van der Waals surface area (Å²) >= 11 is 0. The molecule has 0 radical (unpaired) electrons. The highest BCUT2D eigenvalue weighted by molar-refractivity contribution is 5.92. The van der Waals surface area contributed by atoms with E-state index in [4.69, 9.17) is 9.84 Å². The highest BCUT2D eigenvalue weighted by Gasteiger charge is 2.16. The standard InChI is InChI=1S/C14H16O5/c1-8(2)10-5-4-9(3)13(18)14(10)19-12(17)7-6-11(15)16/h4-8,18H,1-3H3,(H,15,16). The summed E-state index contributed by atoms with van der Waals surface area (Å²) in [7, 11) is 0. The van der Waals surface area contributed by atoms with E-state index >= 15 is 0 Å². The Balaban J connectivity index is 3.08. The molecular formula is C14H16O5. The smallest absolute Gasteiger partial charge is 0.336 e. The molecule has 2 N–H and O–H groups in total. The van der Waals surface area contributed by atoms with Crippen LogP contribution in [0, 0.1) is 6.92 Å². The summed E-state index contributed by atoms with van der Waals surface area (Å²) in [5.41, 5.74) is 1.26. The maximum Gasteiger partial charge on any atom is 0.336 e. The second-order valence-electron chi connectivity index (χ2n) is 4.40. The number of rotatable bonds is 4. The number of aryl methyl sites for hydroxylation is 1. The minimum Gasteiger partial charge on any atom is -0.504 e. The minimum absolute atomic E-state index is 0.0535. The zero-order valence-corrected chi connectivity index (χ0v) is 11.0. The van der Waals surface area contributed by atoms with E-state index in [1.165, 1.54) is 0 Å². The molecule has 0 fully saturated rings. The van der Waals surface area contributed by atoms with Gasteiger partial charge in [0.05, 0.1) is 0 Å². The van der Waals surface area contributed by atoms with E-state index in [2.05, 4.69) is 0 Å². The fraction of sp³-hybridized carbons (Fsp3) is 0.286. The molecule has 0 spiro atoms. The number of carboxylic acids is 1. The Bertz CT molecular complexity index is 529. The molecule has 0 aliphatic rings. The van der Waals surface area contributed by atoms with Gasteiger partial charge in [-0.1, -0.05) is 26.0 Å². The zero-order valence-electron chi connectivity index (χ0n) is 11.0. The Morgan fingerprint density at radius 2 is 1.89 bits per heavy atom. The molecule has 102 valence electrons. The third kappa shape index (κ3) is 3.84. The molecule has 0 saturated carbocycles. The van der Waals surface area contributed by atoms with Crippen molar-refractivity contribution in [3.8, 4) is 11.5 Å². The van der Waals surface area contributed by atoms with Crippen molar-refractivity contribution < 1.29 is 24.5 Å². The Morgan fingerprint density at radius 1 is 1.26 bits per heavy atom. The van der Waals surface area contributed by atoms with E-state index in [0.717, 1.165) is 6.08 Å². The van der Waals surface area contributed by atoms with Gasteiger partial charge in [-0.3, -0.25) is 0 Å². The lowest BCUT2D eigenvalue weighted by Crippen LogP contribution is -2.08. The molecule has 0 bridgehead atoms. The number of phenols is 1. The molecule has 0 aliphatic carbocycles. The first-order chi connectivity index (χ1) is 8.82. The number of hydrogen-bond donors (Lipinski definition) is 2. The number of ether oxygens (including phenoxy) is 1. The van der Waals surface area contributed by atoms with E-state index in [1.807, 2.05) is 13.8 Å². The number of phenolic OH excluding ortho intramolecular Hbond substituents is 1. The molecular weight excluding hydrogens is 248 g/mol. The van der Waals surface area contributed by atoms with Crippen molar-refractivity contribution in [2.45, 2.75) is 26.7 Å². The molecule has 0 aliphatic heterocycles. The van der Waals surface area contributed by atoms with Crippen molar-refractivity contribution in [3.63, 3.8) is 0 Å². The molecule has 5 nitrogen and oxygen atoms in total. The third-order valence-corrected chi connectivity index (χ3v) is 2.55. The van der Waals surface area contributed by atoms with Crippen LogP contribution in [0.25, 0.3) is 0 Å². The Hall–Kier alpha value is -2.30. The molecule has 0 aromatic heterocycles. The quantitative estimate of drug-likeness (QED) is 0.495. The van der Waals surface area contributed by atoms with Crippen molar-refractivity contribution in [1.82, 2.24) is 0 Å². The van der Waals surface area contributed by atoms with Gasteiger partial charge in [-0.15, -0.1) is 0 Å². The van der Waals surface area contributed by atoms with Gasteiger partial charge < -0.3 is 14.9 Å². The van der Waals surface area contributed by atoms with Gasteiger partial charge in [-0.2, -0.15) is 0 Å². The monoisotopic (exact) mass is 264 g/mol. The maximum absolute atomic E-state index is 11.5. The van der Waals surface area contributed by atoms with Crippen molar-refractivity contribution >= 4 is 11.9 Å². The lowest BCUT2D eigenvalue weighted by molar-refractivity contribution is -0.133. The van der Waals surface area contributed by atoms with E-state index in [9.17, 15) is 14.7 Å². The number of esters is 1. The lowest BCUT2D eigenvalue weighted by Gasteiger charge is -2.14. The number of aromatic hydroxyl groups is 1. The van der Waals surface area contributed by atoms with Crippen molar-refractivity contribution in [2.24, 2.45) is 0 Å². The van der Waals surface area contributed by atoms with Crippen LogP contribution >= 0.6 is 0 Å². The van der Waals surface area contributed by atoms with Gasteiger partial charge in [-0.05, 0) is 18.4 Å². The Labute approximate surface area is 111 Å². The number of carbonyl (C=O) groups is 2. The van der Waals surface area contributed by atoms with Crippen molar-refractivity contribution in [1.29, 1.82) is 0 Å². The Kier molecular flexibility index (Phi) is 4.69. The molecule has 1 aromatic carbocycles. The minimum atomic E-state index is -1.24. The van der Waals surface area contributed by atoms with Crippen LogP contribution in [0.2, 0.25) is 0 Å². The number of benzene rings is 1. The van der Waals surface area contributed by atoms with Gasteiger partial charge in [0.2, 0.25) is 0 Å². The first-order valence-corrected chi connectivity index (χ1v) is 5.78. The summed E-state index contributed by atoms with van der Waals surface area (Å²) in [4.78, 5) is 21.8. The molecule has 0 atom stereocenters. The van der Waals surface area contributed by atoms with Crippen LogP contribution in [0.3, 0.4) is 0 Å². The molecule has 1 rings (SSSR count). The average Bonchev–Trinajstić information content (AvgIpc) is 2.32. The molecule has 0 saturated heterocycles. The summed E-state index contributed by atoms with van der Waals surface area (Å²) in [6.07, 6.45) is 1.48. The molecule has 5 heteroatoms. The number of aliphatic carboxylic acids is 1. The van der Waals surface area contributed by atoms with Gasteiger partial charge >= 0.3 is 11.9 Å². The van der Waals surface area contributed by atoms with Gasteiger partial charge in [0.25, 0.3) is 0 Å². The van der Waals surface area contributed by atoms with E-state index in [0.29, 0.717) is 17.2 Å². The topological polar surface area (TPSA) is 83.8 Å². The van der Waals surface area contributed by atoms with Gasteiger partial charge in [-0.25, -0.2) is 9.59 Å². The van der Waals surface area contributed by atoms with Crippen LogP contribution in [0.5, 0.6) is 11.5 Å². The highest BCUT2D eigenvalue weighted by atomic mass is 16.5. The first kappa shape index (κ1) is 14.8. The molecule has 0 unspecified atom stereocenters. The van der Waals surface area contributed by atoms with Crippen LogP contribution < -0.4 is 4.74 Å². The normalized spacial score (nSPS) is 10.9. The summed E-state index contributed by atoms with van der Waals surface area (Å²) in [5, 5.41) is 18.4. The second-order valence-corrected chi connectivity index (χ2v) is 4.40. The van der Waals surface area contributed by atoms with Gasteiger partial charge in [0.15, 0.2) is 11.5 Å². The summed E-state index contributed by atoms with van der Waals surface area (Å²) in [6.45, 7) is 5.48. The van der Waals surface area contributed by atoms with Crippen molar-refractivity contribution in [2.75, 3.05) is 0 Å². The van der Waals surface area contributed by atoms with Crippen LogP contribution in [-0.2, 0) is 9.59 Å². The number of carbonyl (C=O) groups excluding carboxylic acids is 1.